The monoisotopic (exact) mass is 353 g/mol. The third-order valence-electron chi connectivity index (χ3n) is 3.72. The summed E-state index contributed by atoms with van der Waals surface area (Å²) in [5.41, 5.74) is 0.159. The van der Waals surface area contributed by atoms with E-state index in [1.54, 1.807) is 12.1 Å². The SMILES string of the molecule is O=C1OC(CO)CN1c1ccc(OCc2c(F)cc(F)cc2F)cc1. The van der Waals surface area contributed by atoms with Crippen LogP contribution in [0.2, 0.25) is 0 Å². The number of nitrogens with zero attached hydrogens (tertiary/aromatic N) is 1. The third kappa shape index (κ3) is 3.69. The van der Waals surface area contributed by atoms with Crippen LogP contribution in [-0.2, 0) is 11.3 Å². The summed E-state index contributed by atoms with van der Waals surface area (Å²) in [5.74, 6) is -2.73. The molecule has 1 amide bonds. The van der Waals surface area contributed by atoms with E-state index < -0.39 is 36.3 Å². The largest absolute Gasteiger partial charge is 0.489 e. The van der Waals surface area contributed by atoms with Gasteiger partial charge in [-0.25, -0.2) is 18.0 Å². The summed E-state index contributed by atoms with van der Waals surface area (Å²) in [6.45, 7) is -0.449. The smallest absolute Gasteiger partial charge is 0.414 e. The molecule has 0 aliphatic carbocycles. The molecule has 132 valence electrons. The number of benzene rings is 2. The minimum atomic E-state index is -1.02. The number of amides is 1. The molecule has 0 radical (unpaired) electrons. The predicted octanol–water partition coefficient (Wildman–Crippen LogP) is 3.00. The number of halogens is 3. The number of aliphatic hydroxyl groups excluding tert-OH is 1. The fourth-order valence-electron chi connectivity index (χ4n) is 2.42. The minimum Gasteiger partial charge on any atom is -0.489 e. The van der Waals surface area contributed by atoms with Crippen LogP contribution in [0.1, 0.15) is 5.56 Å². The molecule has 0 spiro atoms. The molecular formula is C17H14F3NO4. The van der Waals surface area contributed by atoms with Gasteiger partial charge in [0, 0.05) is 17.8 Å². The maximum Gasteiger partial charge on any atom is 0.414 e. The molecule has 0 saturated carbocycles. The van der Waals surface area contributed by atoms with E-state index >= 15 is 0 Å². The van der Waals surface area contributed by atoms with Crippen molar-refractivity contribution >= 4 is 11.8 Å². The zero-order chi connectivity index (χ0) is 18.0. The van der Waals surface area contributed by atoms with Crippen molar-refractivity contribution in [3.8, 4) is 5.75 Å². The number of aliphatic hydroxyl groups is 1. The Hall–Kier alpha value is -2.74. The highest BCUT2D eigenvalue weighted by Gasteiger charge is 2.31. The van der Waals surface area contributed by atoms with Crippen molar-refractivity contribution in [2.75, 3.05) is 18.1 Å². The summed E-state index contributed by atoms with van der Waals surface area (Å²) >= 11 is 0. The fourth-order valence-corrected chi connectivity index (χ4v) is 2.42. The summed E-state index contributed by atoms with van der Waals surface area (Å²) in [6, 6.07) is 7.37. The van der Waals surface area contributed by atoms with Crippen LogP contribution < -0.4 is 9.64 Å². The number of carbonyl (C=O) groups excluding carboxylic acids is 1. The van der Waals surface area contributed by atoms with Crippen LogP contribution in [0.3, 0.4) is 0 Å². The highest BCUT2D eigenvalue weighted by molar-refractivity contribution is 5.89. The summed E-state index contributed by atoms with van der Waals surface area (Å²) < 4.78 is 50.2. The Labute approximate surface area is 141 Å². The molecule has 1 aliphatic heterocycles. The van der Waals surface area contributed by atoms with Crippen molar-refractivity contribution in [1.82, 2.24) is 0 Å². The van der Waals surface area contributed by atoms with Gasteiger partial charge in [0.25, 0.3) is 0 Å². The number of rotatable bonds is 5. The lowest BCUT2D eigenvalue weighted by atomic mass is 10.2. The normalized spacial score (nSPS) is 16.9. The Morgan fingerprint density at radius 2 is 1.80 bits per heavy atom. The average molecular weight is 353 g/mol. The maximum absolute atomic E-state index is 13.6. The Morgan fingerprint density at radius 3 is 2.36 bits per heavy atom. The third-order valence-corrected chi connectivity index (χ3v) is 3.72. The molecule has 1 saturated heterocycles. The van der Waals surface area contributed by atoms with E-state index in [4.69, 9.17) is 14.6 Å². The molecule has 5 nitrogen and oxygen atoms in total. The molecule has 0 aromatic heterocycles. The average Bonchev–Trinajstić information content (AvgIpc) is 2.95. The molecular weight excluding hydrogens is 339 g/mol. The lowest BCUT2D eigenvalue weighted by Crippen LogP contribution is -2.25. The van der Waals surface area contributed by atoms with Gasteiger partial charge >= 0.3 is 6.09 Å². The van der Waals surface area contributed by atoms with Crippen molar-refractivity contribution in [3.05, 3.63) is 59.4 Å². The molecule has 3 rings (SSSR count). The molecule has 1 heterocycles. The first-order chi connectivity index (χ1) is 12.0. The van der Waals surface area contributed by atoms with E-state index in [1.807, 2.05) is 0 Å². The summed E-state index contributed by atoms with van der Waals surface area (Å²) in [4.78, 5) is 13.0. The molecule has 2 aromatic rings. The lowest BCUT2D eigenvalue weighted by Gasteiger charge is -2.14. The Kier molecular flexibility index (Phi) is 4.80. The van der Waals surface area contributed by atoms with Gasteiger partial charge in [0.05, 0.1) is 18.7 Å². The van der Waals surface area contributed by atoms with E-state index in [-0.39, 0.29) is 18.7 Å². The molecule has 8 heteroatoms. The first-order valence-electron chi connectivity index (χ1n) is 7.43. The van der Waals surface area contributed by atoms with Crippen molar-refractivity contribution in [2.24, 2.45) is 0 Å². The Morgan fingerprint density at radius 1 is 1.16 bits per heavy atom. The van der Waals surface area contributed by atoms with E-state index in [0.717, 1.165) is 0 Å². The van der Waals surface area contributed by atoms with Crippen LogP contribution in [0.5, 0.6) is 5.75 Å². The second kappa shape index (κ2) is 7.02. The Bertz CT molecular complexity index is 759. The number of cyclic esters (lactones) is 1. The van der Waals surface area contributed by atoms with Gasteiger partial charge in [-0.2, -0.15) is 0 Å². The number of ether oxygens (including phenoxy) is 2. The minimum absolute atomic E-state index is 0.224. The van der Waals surface area contributed by atoms with Crippen LogP contribution in [-0.4, -0.2) is 30.5 Å². The fraction of sp³-hybridized carbons (Fsp3) is 0.235. The van der Waals surface area contributed by atoms with E-state index in [2.05, 4.69) is 0 Å². The van der Waals surface area contributed by atoms with Crippen LogP contribution in [0.15, 0.2) is 36.4 Å². The van der Waals surface area contributed by atoms with Crippen molar-refractivity contribution in [1.29, 1.82) is 0 Å². The number of anilines is 1. The van der Waals surface area contributed by atoms with Crippen LogP contribution in [0, 0.1) is 17.5 Å². The zero-order valence-electron chi connectivity index (χ0n) is 12.9. The van der Waals surface area contributed by atoms with E-state index in [9.17, 15) is 18.0 Å². The summed E-state index contributed by atoms with van der Waals surface area (Å²) in [7, 11) is 0. The number of hydrogen-bond acceptors (Lipinski definition) is 4. The topological polar surface area (TPSA) is 59.0 Å². The van der Waals surface area contributed by atoms with E-state index in [1.165, 1.54) is 17.0 Å². The lowest BCUT2D eigenvalue weighted by molar-refractivity contribution is 0.0963. The van der Waals surface area contributed by atoms with Crippen LogP contribution >= 0.6 is 0 Å². The van der Waals surface area contributed by atoms with Gasteiger partial charge in [0.2, 0.25) is 0 Å². The first kappa shape index (κ1) is 17.1. The van der Waals surface area contributed by atoms with Crippen molar-refractivity contribution in [2.45, 2.75) is 12.7 Å². The summed E-state index contributed by atoms with van der Waals surface area (Å²) in [5, 5.41) is 9.02. The first-order valence-corrected chi connectivity index (χ1v) is 7.43. The number of carbonyl (C=O) groups is 1. The van der Waals surface area contributed by atoms with Gasteiger partial charge in [-0.1, -0.05) is 0 Å². The Balaban J connectivity index is 1.67. The molecule has 2 aromatic carbocycles. The second-order valence-corrected chi connectivity index (χ2v) is 5.43. The molecule has 0 bridgehead atoms. The van der Waals surface area contributed by atoms with Gasteiger partial charge in [0.1, 0.15) is 35.9 Å². The van der Waals surface area contributed by atoms with Crippen LogP contribution in [0.25, 0.3) is 0 Å². The van der Waals surface area contributed by atoms with Gasteiger partial charge in [-0.05, 0) is 24.3 Å². The molecule has 1 atom stereocenters. The van der Waals surface area contributed by atoms with Crippen molar-refractivity contribution in [3.63, 3.8) is 0 Å². The van der Waals surface area contributed by atoms with Gasteiger partial charge in [-0.3, -0.25) is 4.90 Å². The van der Waals surface area contributed by atoms with Crippen molar-refractivity contribution < 1.29 is 32.5 Å². The molecule has 1 fully saturated rings. The number of hydrogen-bond donors (Lipinski definition) is 1. The highest BCUT2D eigenvalue weighted by Crippen LogP contribution is 2.25. The predicted molar refractivity (Wildman–Crippen MR) is 81.8 cm³/mol. The molecule has 25 heavy (non-hydrogen) atoms. The standard InChI is InChI=1S/C17H14F3NO4/c18-10-5-15(19)14(16(20)6-10)9-24-12-3-1-11(2-4-12)21-7-13(8-22)25-17(21)23/h1-6,13,22H,7-9H2. The second-order valence-electron chi connectivity index (χ2n) is 5.43. The quantitative estimate of drug-likeness (QED) is 0.898. The van der Waals surface area contributed by atoms with Gasteiger partial charge in [-0.15, -0.1) is 0 Å². The zero-order valence-corrected chi connectivity index (χ0v) is 12.9. The van der Waals surface area contributed by atoms with Gasteiger partial charge < -0.3 is 14.6 Å². The van der Waals surface area contributed by atoms with E-state index in [0.29, 0.717) is 23.6 Å². The maximum atomic E-state index is 13.6. The molecule has 1 N–H and O–H groups in total. The van der Waals surface area contributed by atoms with Gasteiger partial charge in [0.15, 0.2) is 0 Å². The molecule has 1 unspecified atom stereocenters. The molecule has 1 aliphatic rings. The summed E-state index contributed by atoms with van der Waals surface area (Å²) in [6.07, 6.45) is -1.14. The van der Waals surface area contributed by atoms with Crippen LogP contribution in [0.4, 0.5) is 23.7 Å². The highest BCUT2D eigenvalue weighted by atomic mass is 19.1.